The van der Waals surface area contributed by atoms with Gasteiger partial charge >= 0.3 is 0 Å². The van der Waals surface area contributed by atoms with Gasteiger partial charge in [0.05, 0.1) is 8.07 Å². The minimum absolute atomic E-state index is 0.655. The Kier molecular flexibility index (Phi) is 9.58. The molecule has 0 saturated heterocycles. The molecular weight excluding hydrogens is 236 g/mol. The molecule has 0 bridgehead atoms. The average Bonchev–Trinajstić information content (AvgIpc) is 2.22. The smallest absolute Gasteiger partial charge is 0.116 e. The Bertz CT molecular complexity index is 256. The van der Waals surface area contributed by atoms with Gasteiger partial charge in [-0.15, -0.1) is 18.0 Å². The van der Waals surface area contributed by atoms with Crippen molar-refractivity contribution in [1.82, 2.24) is 0 Å². The quantitative estimate of drug-likeness (QED) is 0.255. The third-order valence-corrected chi connectivity index (χ3v) is 6.59. The van der Waals surface area contributed by atoms with Crippen molar-refractivity contribution in [2.45, 2.75) is 70.4 Å². The molecule has 2 heteroatoms. The van der Waals surface area contributed by atoms with E-state index in [1.165, 1.54) is 44.2 Å². The van der Waals surface area contributed by atoms with Gasteiger partial charge < -0.3 is 0 Å². The standard InChI is InChI=1S/C15H30Si2/c1-6-7-8-9-10-11-14-17(4,5)15-12-13-16(2)3/h6,16H,1,7-11,14-15H2,2-5H3. The lowest BCUT2D eigenvalue weighted by Crippen LogP contribution is -2.23. The van der Waals surface area contributed by atoms with Crippen LogP contribution in [0.5, 0.6) is 0 Å². The summed E-state index contributed by atoms with van der Waals surface area (Å²) in [5.74, 6) is 3.45. The Balaban J connectivity index is 3.64. The summed E-state index contributed by atoms with van der Waals surface area (Å²) in [7, 11) is -1.66. The van der Waals surface area contributed by atoms with Gasteiger partial charge in [0, 0.05) is 6.04 Å². The molecule has 0 aliphatic heterocycles. The van der Waals surface area contributed by atoms with E-state index >= 15 is 0 Å². The molecule has 0 N–H and O–H groups in total. The van der Waals surface area contributed by atoms with Gasteiger partial charge in [0.1, 0.15) is 8.80 Å². The third-order valence-electron chi connectivity index (χ3n) is 2.97. The molecule has 0 aromatic carbocycles. The fraction of sp³-hybridized carbons (Fsp3) is 0.733. The SMILES string of the molecule is C=CCCCCCC[Si](C)(C)CC#C[SiH](C)C. The molecule has 0 rings (SSSR count). The topological polar surface area (TPSA) is 0 Å². The van der Waals surface area contributed by atoms with Crippen molar-refractivity contribution >= 4 is 16.9 Å². The summed E-state index contributed by atoms with van der Waals surface area (Å²) in [5, 5.41) is 0. The molecule has 0 radical (unpaired) electrons. The van der Waals surface area contributed by atoms with Crippen molar-refractivity contribution in [3.63, 3.8) is 0 Å². The molecule has 0 amide bonds. The van der Waals surface area contributed by atoms with Gasteiger partial charge in [-0.05, 0) is 12.8 Å². The Morgan fingerprint density at radius 3 is 2.35 bits per heavy atom. The monoisotopic (exact) mass is 266 g/mol. The van der Waals surface area contributed by atoms with E-state index in [-0.39, 0.29) is 0 Å². The third kappa shape index (κ3) is 12.0. The fourth-order valence-electron chi connectivity index (χ4n) is 1.83. The number of unbranched alkanes of at least 4 members (excludes halogenated alkanes) is 4. The predicted octanol–water partition coefficient (Wildman–Crippen LogP) is 4.86. The molecule has 0 unspecified atom stereocenters. The van der Waals surface area contributed by atoms with E-state index in [9.17, 15) is 0 Å². The van der Waals surface area contributed by atoms with Crippen LogP contribution in [-0.4, -0.2) is 16.9 Å². The Labute approximate surface area is 112 Å². The average molecular weight is 267 g/mol. The van der Waals surface area contributed by atoms with Crippen LogP contribution in [0.3, 0.4) is 0 Å². The minimum Gasteiger partial charge on any atom is -0.136 e. The molecular formula is C15H30Si2. The second kappa shape index (κ2) is 9.73. The number of hydrogen-bond acceptors (Lipinski definition) is 0. The lowest BCUT2D eigenvalue weighted by Gasteiger charge is -2.19. The van der Waals surface area contributed by atoms with E-state index in [2.05, 4.69) is 44.2 Å². The molecule has 0 heterocycles. The van der Waals surface area contributed by atoms with Crippen molar-refractivity contribution < 1.29 is 0 Å². The van der Waals surface area contributed by atoms with Gasteiger partial charge in [0.15, 0.2) is 0 Å². The first kappa shape index (κ1) is 16.7. The van der Waals surface area contributed by atoms with Crippen LogP contribution in [0.15, 0.2) is 12.7 Å². The van der Waals surface area contributed by atoms with Crippen LogP contribution in [0, 0.1) is 11.5 Å². The van der Waals surface area contributed by atoms with E-state index in [0.717, 1.165) is 0 Å². The lowest BCUT2D eigenvalue weighted by molar-refractivity contribution is 0.670. The zero-order chi connectivity index (χ0) is 13.1. The molecule has 0 aliphatic rings. The number of allylic oxidation sites excluding steroid dienone is 1. The van der Waals surface area contributed by atoms with Gasteiger partial charge in [-0.3, -0.25) is 0 Å². The predicted molar refractivity (Wildman–Crippen MR) is 87.0 cm³/mol. The van der Waals surface area contributed by atoms with Crippen LogP contribution in [0.1, 0.15) is 32.1 Å². The van der Waals surface area contributed by atoms with E-state index < -0.39 is 16.9 Å². The molecule has 0 aromatic heterocycles. The highest BCUT2D eigenvalue weighted by Gasteiger charge is 2.18. The zero-order valence-corrected chi connectivity index (χ0v) is 14.5. The Morgan fingerprint density at radius 2 is 1.76 bits per heavy atom. The first-order valence-electron chi connectivity index (χ1n) is 7.07. The second-order valence-corrected chi connectivity index (χ2v) is 13.8. The van der Waals surface area contributed by atoms with E-state index in [1.807, 2.05) is 6.08 Å². The summed E-state index contributed by atoms with van der Waals surface area (Å²) in [4.78, 5) is 0. The van der Waals surface area contributed by atoms with Crippen molar-refractivity contribution in [2.75, 3.05) is 0 Å². The maximum absolute atomic E-state index is 3.76. The van der Waals surface area contributed by atoms with Crippen LogP contribution in [0.2, 0.25) is 38.3 Å². The maximum Gasteiger partial charge on any atom is 0.116 e. The van der Waals surface area contributed by atoms with Crippen molar-refractivity contribution in [3.8, 4) is 11.5 Å². The fourth-order valence-corrected chi connectivity index (χ4v) is 4.51. The summed E-state index contributed by atoms with van der Waals surface area (Å²) in [6, 6.07) is 2.67. The minimum atomic E-state index is -1.01. The van der Waals surface area contributed by atoms with Crippen LogP contribution >= 0.6 is 0 Å². The first-order chi connectivity index (χ1) is 7.98. The first-order valence-corrected chi connectivity index (χ1v) is 13.4. The Hall–Kier alpha value is -0.266. The summed E-state index contributed by atoms with van der Waals surface area (Å²) in [5.41, 5.74) is 3.43. The van der Waals surface area contributed by atoms with Crippen LogP contribution in [-0.2, 0) is 0 Å². The van der Waals surface area contributed by atoms with E-state index in [4.69, 9.17) is 0 Å². The molecule has 0 saturated carbocycles. The molecule has 0 aliphatic carbocycles. The molecule has 0 spiro atoms. The second-order valence-electron chi connectivity index (χ2n) is 6.06. The zero-order valence-electron chi connectivity index (χ0n) is 12.3. The molecule has 0 fully saturated rings. The molecule has 17 heavy (non-hydrogen) atoms. The van der Waals surface area contributed by atoms with Gasteiger partial charge in [0.25, 0.3) is 0 Å². The molecule has 0 atom stereocenters. The Morgan fingerprint density at radius 1 is 1.12 bits per heavy atom. The van der Waals surface area contributed by atoms with Crippen molar-refractivity contribution in [2.24, 2.45) is 0 Å². The number of hydrogen-bond donors (Lipinski definition) is 0. The summed E-state index contributed by atoms with van der Waals surface area (Å²) >= 11 is 0. The van der Waals surface area contributed by atoms with Crippen molar-refractivity contribution in [1.29, 1.82) is 0 Å². The number of rotatable bonds is 8. The normalized spacial score (nSPS) is 11.1. The summed E-state index contributed by atoms with van der Waals surface area (Å²) in [6.07, 6.45) is 8.73. The molecule has 98 valence electrons. The highest BCUT2D eigenvalue weighted by Crippen LogP contribution is 2.19. The summed E-state index contributed by atoms with van der Waals surface area (Å²) in [6.45, 7) is 13.4. The van der Waals surface area contributed by atoms with E-state index in [1.54, 1.807) is 0 Å². The van der Waals surface area contributed by atoms with E-state index in [0.29, 0.717) is 0 Å². The van der Waals surface area contributed by atoms with Crippen molar-refractivity contribution in [3.05, 3.63) is 12.7 Å². The van der Waals surface area contributed by atoms with Crippen LogP contribution < -0.4 is 0 Å². The van der Waals surface area contributed by atoms with Gasteiger partial charge in [-0.1, -0.05) is 57.6 Å². The van der Waals surface area contributed by atoms with Crippen LogP contribution in [0.25, 0.3) is 0 Å². The molecule has 0 nitrogen and oxygen atoms in total. The molecule has 0 aromatic rings. The van der Waals surface area contributed by atoms with Crippen LogP contribution in [0.4, 0.5) is 0 Å². The van der Waals surface area contributed by atoms with Gasteiger partial charge in [0.2, 0.25) is 0 Å². The lowest BCUT2D eigenvalue weighted by atomic mass is 10.1. The highest BCUT2D eigenvalue weighted by molar-refractivity contribution is 6.78. The van der Waals surface area contributed by atoms with Gasteiger partial charge in [-0.2, -0.15) is 0 Å². The summed E-state index contributed by atoms with van der Waals surface area (Å²) < 4.78 is 0. The maximum atomic E-state index is 3.76. The highest BCUT2D eigenvalue weighted by atomic mass is 28.3. The van der Waals surface area contributed by atoms with Gasteiger partial charge in [-0.25, -0.2) is 0 Å². The largest absolute Gasteiger partial charge is 0.136 e.